The van der Waals surface area contributed by atoms with E-state index in [2.05, 4.69) is 5.32 Å². The van der Waals surface area contributed by atoms with E-state index >= 15 is 0 Å². The van der Waals surface area contributed by atoms with Crippen molar-refractivity contribution in [2.75, 3.05) is 6.61 Å². The molecule has 0 aliphatic heterocycles. The molecule has 3 aromatic rings. The fourth-order valence-electron chi connectivity index (χ4n) is 3.76. The van der Waals surface area contributed by atoms with Crippen molar-refractivity contribution in [1.82, 2.24) is 10.2 Å². The summed E-state index contributed by atoms with van der Waals surface area (Å²) in [6.45, 7) is 8.00. The number of benzene rings is 3. The highest BCUT2D eigenvalue weighted by molar-refractivity contribution is 5.89. The molecule has 3 rings (SSSR count). The smallest absolute Gasteiger partial charge is 0.261 e. The number of nitrogens with one attached hydrogen (secondary N) is 1. The highest BCUT2D eigenvalue weighted by atomic mass is 16.5. The van der Waals surface area contributed by atoms with E-state index in [9.17, 15) is 9.59 Å². The van der Waals surface area contributed by atoms with Gasteiger partial charge in [0.05, 0.1) is 0 Å². The Bertz CT molecular complexity index is 1080. The lowest BCUT2D eigenvalue weighted by atomic mass is 10.0. The molecule has 0 unspecified atom stereocenters. The van der Waals surface area contributed by atoms with Crippen molar-refractivity contribution in [3.8, 4) is 5.75 Å². The first-order valence-corrected chi connectivity index (χ1v) is 11.6. The van der Waals surface area contributed by atoms with Crippen molar-refractivity contribution in [3.05, 3.63) is 102 Å². The standard InChI is InChI=1S/C29H34N2O3/c1-22-12-11-15-24(18-22)20-31(27(32)21-34-25-16-9-6-10-17-25)26(28(33)30-29(2,3)4)19-23-13-7-5-8-14-23/h5-18,26H,19-21H2,1-4H3,(H,30,33)/t26-/m0/s1. The van der Waals surface area contributed by atoms with E-state index in [1.54, 1.807) is 4.90 Å². The minimum absolute atomic E-state index is 0.149. The molecule has 1 N–H and O–H groups in total. The first-order chi connectivity index (χ1) is 16.2. The highest BCUT2D eigenvalue weighted by Crippen LogP contribution is 2.17. The number of para-hydroxylation sites is 1. The molecule has 0 saturated heterocycles. The number of nitrogens with zero attached hydrogens (tertiary/aromatic N) is 1. The van der Waals surface area contributed by atoms with Crippen LogP contribution in [0.15, 0.2) is 84.9 Å². The van der Waals surface area contributed by atoms with Crippen molar-refractivity contribution in [1.29, 1.82) is 0 Å². The van der Waals surface area contributed by atoms with Crippen molar-refractivity contribution in [2.24, 2.45) is 0 Å². The quantitative estimate of drug-likeness (QED) is 0.495. The molecule has 0 aliphatic carbocycles. The molecule has 0 fully saturated rings. The van der Waals surface area contributed by atoms with Crippen molar-refractivity contribution >= 4 is 11.8 Å². The van der Waals surface area contributed by atoms with Gasteiger partial charge in [-0.2, -0.15) is 0 Å². The maximum Gasteiger partial charge on any atom is 0.261 e. The Balaban J connectivity index is 1.92. The Labute approximate surface area is 202 Å². The average molecular weight is 459 g/mol. The minimum atomic E-state index is -0.686. The molecule has 0 bridgehead atoms. The number of carbonyl (C=O) groups excluding carboxylic acids is 2. The number of amides is 2. The Hall–Kier alpha value is -3.60. The van der Waals surface area contributed by atoms with Gasteiger partial charge in [0.25, 0.3) is 5.91 Å². The van der Waals surface area contributed by atoms with E-state index in [1.807, 2.05) is 113 Å². The van der Waals surface area contributed by atoms with Gasteiger partial charge in [-0.15, -0.1) is 0 Å². The molecular formula is C29H34N2O3. The summed E-state index contributed by atoms with van der Waals surface area (Å²) in [7, 11) is 0. The zero-order chi connectivity index (χ0) is 24.6. The van der Waals surface area contributed by atoms with Gasteiger partial charge < -0.3 is 15.0 Å². The van der Waals surface area contributed by atoms with Crippen LogP contribution in [0.3, 0.4) is 0 Å². The van der Waals surface area contributed by atoms with Crippen LogP contribution in [0.25, 0.3) is 0 Å². The second kappa shape index (κ2) is 11.5. The van der Waals surface area contributed by atoms with E-state index in [1.165, 1.54) is 0 Å². The fraction of sp³-hybridized carbons (Fsp3) is 0.310. The summed E-state index contributed by atoms with van der Waals surface area (Å²) < 4.78 is 5.77. The Morgan fingerprint density at radius 3 is 2.12 bits per heavy atom. The first-order valence-electron chi connectivity index (χ1n) is 11.6. The van der Waals surface area contributed by atoms with Gasteiger partial charge in [-0.3, -0.25) is 9.59 Å². The van der Waals surface area contributed by atoms with Crippen LogP contribution in [0.2, 0.25) is 0 Å². The molecule has 34 heavy (non-hydrogen) atoms. The molecule has 178 valence electrons. The summed E-state index contributed by atoms with van der Waals surface area (Å²) in [5, 5.41) is 3.07. The Morgan fingerprint density at radius 1 is 0.882 bits per heavy atom. The van der Waals surface area contributed by atoms with Gasteiger partial charge >= 0.3 is 0 Å². The summed E-state index contributed by atoms with van der Waals surface area (Å²) in [5.74, 6) is 0.192. The van der Waals surface area contributed by atoms with Crippen LogP contribution < -0.4 is 10.1 Å². The molecule has 0 aliphatic rings. The number of carbonyl (C=O) groups is 2. The van der Waals surface area contributed by atoms with Gasteiger partial charge in [0.2, 0.25) is 5.91 Å². The van der Waals surface area contributed by atoms with Crippen LogP contribution in [-0.2, 0) is 22.6 Å². The number of aryl methyl sites for hydroxylation is 1. The van der Waals surface area contributed by atoms with E-state index in [4.69, 9.17) is 4.74 Å². The predicted molar refractivity (Wildman–Crippen MR) is 135 cm³/mol. The number of hydrogen-bond acceptors (Lipinski definition) is 3. The first kappa shape index (κ1) is 25.0. The second-order valence-corrected chi connectivity index (χ2v) is 9.56. The third kappa shape index (κ3) is 7.77. The van der Waals surface area contributed by atoms with Crippen LogP contribution in [0.4, 0.5) is 0 Å². The molecule has 3 aromatic carbocycles. The van der Waals surface area contributed by atoms with Crippen LogP contribution in [-0.4, -0.2) is 34.9 Å². The fourth-order valence-corrected chi connectivity index (χ4v) is 3.76. The van der Waals surface area contributed by atoms with Crippen molar-refractivity contribution in [2.45, 2.75) is 52.2 Å². The molecule has 5 heteroatoms. The second-order valence-electron chi connectivity index (χ2n) is 9.56. The van der Waals surface area contributed by atoms with Crippen LogP contribution in [0, 0.1) is 6.92 Å². The van der Waals surface area contributed by atoms with Gasteiger partial charge in [0.1, 0.15) is 11.8 Å². The average Bonchev–Trinajstić information content (AvgIpc) is 2.80. The summed E-state index contributed by atoms with van der Waals surface area (Å²) in [6, 6.07) is 26.3. The summed E-state index contributed by atoms with van der Waals surface area (Å²) >= 11 is 0. The minimum Gasteiger partial charge on any atom is -0.484 e. The molecule has 0 aromatic heterocycles. The Kier molecular flexibility index (Phi) is 8.47. The monoisotopic (exact) mass is 458 g/mol. The van der Waals surface area contributed by atoms with E-state index < -0.39 is 11.6 Å². The maximum absolute atomic E-state index is 13.5. The summed E-state index contributed by atoms with van der Waals surface area (Å²) in [6.07, 6.45) is 0.408. The van der Waals surface area contributed by atoms with Crippen LogP contribution in [0.1, 0.15) is 37.5 Å². The molecule has 5 nitrogen and oxygen atoms in total. The van der Waals surface area contributed by atoms with Gasteiger partial charge in [-0.05, 0) is 51.0 Å². The lowest BCUT2D eigenvalue weighted by Gasteiger charge is -2.33. The molecule has 0 spiro atoms. The Morgan fingerprint density at radius 2 is 1.50 bits per heavy atom. The predicted octanol–water partition coefficient (Wildman–Crippen LogP) is 4.93. The van der Waals surface area contributed by atoms with Gasteiger partial charge in [-0.1, -0.05) is 78.4 Å². The number of hydrogen-bond donors (Lipinski definition) is 1. The van der Waals surface area contributed by atoms with Gasteiger partial charge in [-0.25, -0.2) is 0 Å². The van der Waals surface area contributed by atoms with E-state index in [0.29, 0.717) is 18.7 Å². The molecule has 0 radical (unpaired) electrons. The molecule has 0 saturated carbocycles. The van der Waals surface area contributed by atoms with Crippen LogP contribution >= 0.6 is 0 Å². The lowest BCUT2D eigenvalue weighted by Crippen LogP contribution is -2.55. The zero-order valence-electron chi connectivity index (χ0n) is 20.5. The SMILES string of the molecule is Cc1cccc(CN(C(=O)COc2ccccc2)[C@@H](Cc2ccccc2)C(=O)NC(C)(C)C)c1. The lowest BCUT2D eigenvalue weighted by molar-refractivity contribution is -0.143. The van der Waals surface area contributed by atoms with Crippen molar-refractivity contribution in [3.63, 3.8) is 0 Å². The zero-order valence-corrected chi connectivity index (χ0v) is 20.5. The third-order valence-corrected chi connectivity index (χ3v) is 5.31. The maximum atomic E-state index is 13.5. The molecular weight excluding hydrogens is 424 g/mol. The van der Waals surface area contributed by atoms with Gasteiger partial charge in [0.15, 0.2) is 6.61 Å². The number of rotatable bonds is 9. The van der Waals surface area contributed by atoms with Gasteiger partial charge in [0, 0.05) is 18.5 Å². The summed E-state index contributed by atoms with van der Waals surface area (Å²) in [4.78, 5) is 28.7. The summed E-state index contributed by atoms with van der Waals surface area (Å²) in [5.41, 5.74) is 2.63. The molecule has 1 atom stereocenters. The molecule has 2 amide bonds. The third-order valence-electron chi connectivity index (χ3n) is 5.31. The van der Waals surface area contributed by atoms with Crippen molar-refractivity contribution < 1.29 is 14.3 Å². The largest absolute Gasteiger partial charge is 0.484 e. The number of ether oxygens (including phenoxy) is 1. The topological polar surface area (TPSA) is 58.6 Å². The highest BCUT2D eigenvalue weighted by Gasteiger charge is 2.32. The molecule has 0 heterocycles. The van der Waals surface area contributed by atoms with E-state index in [0.717, 1.165) is 16.7 Å². The van der Waals surface area contributed by atoms with Crippen LogP contribution in [0.5, 0.6) is 5.75 Å². The normalized spacial score (nSPS) is 12.0. The van der Waals surface area contributed by atoms with E-state index in [-0.39, 0.29) is 18.4 Å².